The molecule has 0 radical (unpaired) electrons. The molecule has 4 nitrogen and oxygen atoms in total. The SMILES string of the molecule is CCCCCCCCCNCCCC1CCN(C(=O)OC(C)(C)C)C1. The minimum atomic E-state index is -0.394. The average Bonchev–Trinajstić information content (AvgIpc) is 3.00. The highest BCUT2D eigenvalue weighted by Gasteiger charge is 2.29. The van der Waals surface area contributed by atoms with E-state index in [0.717, 1.165) is 32.6 Å². The molecule has 1 aliphatic heterocycles. The van der Waals surface area contributed by atoms with Gasteiger partial charge >= 0.3 is 6.09 Å². The van der Waals surface area contributed by atoms with Crippen molar-refractivity contribution < 1.29 is 9.53 Å². The van der Waals surface area contributed by atoms with Crippen molar-refractivity contribution in [1.82, 2.24) is 10.2 Å². The van der Waals surface area contributed by atoms with Gasteiger partial charge in [-0.2, -0.15) is 0 Å². The van der Waals surface area contributed by atoms with Gasteiger partial charge in [0, 0.05) is 13.1 Å². The molecule has 0 aromatic heterocycles. The summed E-state index contributed by atoms with van der Waals surface area (Å²) in [5, 5.41) is 3.57. The van der Waals surface area contributed by atoms with Crippen LogP contribution in [-0.2, 0) is 4.74 Å². The summed E-state index contributed by atoms with van der Waals surface area (Å²) in [7, 11) is 0. The second-order valence-corrected chi connectivity index (χ2v) is 8.59. The third-order valence-electron chi connectivity index (χ3n) is 4.86. The summed E-state index contributed by atoms with van der Waals surface area (Å²) in [6.07, 6.45) is 13.0. The fourth-order valence-corrected chi connectivity index (χ4v) is 3.41. The average molecular weight is 355 g/mol. The maximum atomic E-state index is 12.1. The van der Waals surface area contributed by atoms with E-state index in [1.54, 1.807) is 0 Å². The van der Waals surface area contributed by atoms with E-state index in [2.05, 4.69) is 12.2 Å². The zero-order valence-corrected chi connectivity index (χ0v) is 17.2. The molecular formula is C21H42N2O2. The number of nitrogens with one attached hydrogen (secondary N) is 1. The van der Waals surface area contributed by atoms with Crippen LogP contribution in [0.5, 0.6) is 0 Å². The lowest BCUT2D eigenvalue weighted by Crippen LogP contribution is -2.35. The van der Waals surface area contributed by atoms with Gasteiger partial charge in [0.15, 0.2) is 0 Å². The number of ether oxygens (including phenoxy) is 1. The van der Waals surface area contributed by atoms with Crippen LogP contribution in [0.1, 0.15) is 91.9 Å². The van der Waals surface area contributed by atoms with Crippen molar-refractivity contribution in [3.8, 4) is 0 Å². The van der Waals surface area contributed by atoms with Gasteiger partial charge in [0.1, 0.15) is 5.60 Å². The van der Waals surface area contributed by atoms with E-state index >= 15 is 0 Å². The fourth-order valence-electron chi connectivity index (χ4n) is 3.41. The van der Waals surface area contributed by atoms with Gasteiger partial charge in [-0.05, 0) is 65.5 Å². The molecule has 0 aromatic rings. The first-order valence-corrected chi connectivity index (χ1v) is 10.6. The Hall–Kier alpha value is -0.770. The number of nitrogens with zero attached hydrogens (tertiary/aromatic N) is 1. The number of hydrogen-bond acceptors (Lipinski definition) is 3. The monoisotopic (exact) mass is 354 g/mol. The minimum absolute atomic E-state index is 0.146. The second-order valence-electron chi connectivity index (χ2n) is 8.59. The van der Waals surface area contributed by atoms with Gasteiger partial charge in [-0.1, -0.05) is 45.4 Å². The van der Waals surface area contributed by atoms with Crippen LogP contribution in [0.4, 0.5) is 4.79 Å². The van der Waals surface area contributed by atoms with Gasteiger partial charge in [0.05, 0.1) is 0 Å². The van der Waals surface area contributed by atoms with Gasteiger partial charge < -0.3 is 15.0 Å². The molecule has 1 amide bonds. The van der Waals surface area contributed by atoms with Gasteiger partial charge in [-0.15, -0.1) is 0 Å². The van der Waals surface area contributed by atoms with E-state index in [9.17, 15) is 4.79 Å². The number of hydrogen-bond donors (Lipinski definition) is 1. The third-order valence-corrected chi connectivity index (χ3v) is 4.86. The normalized spacial score (nSPS) is 17.9. The Kier molecular flexibility index (Phi) is 11.2. The second kappa shape index (κ2) is 12.6. The summed E-state index contributed by atoms with van der Waals surface area (Å²) in [5.74, 6) is 0.646. The van der Waals surface area contributed by atoms with Crippen molar-refractivity contribution in [3.63, 3.8) is 0 Å². The smallest absolute Gasteiger partial charge is 0.410 e. The largest absolute Gasteiger partial charge is 0.444 e. The van der Waals surface area contributed by atoms with Crippen LogP contribution in [0.3, 0.4) is 0 Å². The molecule has 1 aliphatic rings. The van der Waals surface area contributed by atoms with Crippen LogP contribution in [-0.4, -0.2) is 42.8 Å². The molecule has 1 heterocycles. The van der Waals surface area contributed by atoms with Crippen molar-refractivity contribution in [2.24, 2.45) is 5.92 Å². The molecule has 1 unspecified atom stereocenters. The Morgan fingerprint density at radius 1 is 1.04 bits per heavy atom. The van der Waals surface area contributed by atoms with Gasteiger partial charge in [0.25, 0.3) is 0 Å². The number of likely N-dealkylation sites (tertiary alicyclic amines) is 1. The quantitative estimate of drug-likeness (QED) is 0.479. The number of unbranched alkanes of at least 4 members (excludes halogenated alkanes) is 6. The highest BCUT2D eigenvalue weighted by Crippen LogP contribution is 2.22. The Morgan fingerprint density at radius 2 is 1.68 bits per heavy atom. The van der Waals surface area contributed by atoms with Crippen molar-refractivity contribution in [2.75, 3.05) is 26.2 Å². The fraction of sp³-hybridized carbons (Fsp3) is 0.952. The number of carbonyl (C=O) groups is 1. The molecule has 1 N–H and O–H groups in total. The first-order chi connectivity index (χ1) is 11.9. The summed E-state index contributed by atoms with van der Waals surface area (Å²) >= 11 is 0. The van der Waals surface area contributed by atoms with Crippen molar-refractivity contribution in [1.29, 1.82) is 0 Å². The van der Waals surface area contributed by atoms with E-state index < -0.39 is 5.60 Å². The lowest BCUT2D eigenvalue weighted by atomic mass is 10.0. The van der Waals surface area contributed by atoms with Crippen LogP contribution < -0.4 is 5.32 Å². The number of rotatable bonds is 12. The Balaban J connectivity index is 1.93. The maximum Gasteiger partial charge on any atom is 0.410 e. The van der Waals surface area contributed by atoms with Crippen LogP contribution in [0.15, 0.2) is 0 Å². The molecule has 0 saturated carbocycles. The summed E-state index contributed by atoms with van der Waals surface area (Å²) in [6.45, 7) is 12.0. The predicted octanol–water partition coefficient (Wildman–Crippen LogP) is 5.36. The van der Waals surface area contributed by atoms with E-state index in [0.29, 0.717) is 5.92 Å². The van der Waals surface area contributed by atoms with E-state index in [4.69, 9.17) is 4.74 Å². The minimum Gasteiger partial charge on any atom is -0.444 e. The van der Waals surface area contributed by atoms with Crippen LogP contribution in [0.25, 0.3) is 0 Å². The summed E-state index contributed by atoms with van der Waals surface area (Å²) in [6, 6.07) is 0. The Bertz CT molecular complexity index is 352. The third kappa shape index (κ3) is 11.5. The summed E-state index contributed by atoms with van der Waals surface area (Å²) in [5.41, 5.74) is -0.394. The van der Waals surface area contributed by atoms with Gasteiger partial charge in [0.2, 0.25) is 0 Å². The molecule has 0 spiro atoms. The maximum absolute atomic E-state index is 12.1. The number of amides is 1. The molecule has 25 heavy (non-hydrogen) atoms. The molecule has 148 valence electrons. The van der Waals surface area contributed by atoms with E-state index in [-0.39, 0.29) is 6.09 Å². The lowest BCUT2D eigenvalue weighted by molar-refractivity contribution is 0.0287. The molecule has 0 aromatic carbocycles. The Labute approximate surface area is 156 Å². The van der Waals surface area contributed by atoms with Crippen molar-refractivity contribution in [2.45, 2.75) is 97.5 Å². The molecule has 4 heteroatoms. The highest BCUT2D eigenvalue weighted by molar-refractivity contribution is 5.68. The molecular weight excluding hydrogens is 312 g/mol. The molecule has 0 bridgehead atoms. The lowest BCUT2D eigenvalue weighted by Gasteiger charge is -2.24. The zero-order chi connectivity index (χ0) is 18.5. The molecule has 1 fully saturated rings. The van der Waals surface area contributed by atoms with Crippen LogP contribution in [0, 0.1) is 5.92 Å². The van der Waals surface area contributed by atoms with Crippen molar-refractivity contribution in [3.05, 3.63) is 0 Å². The summed E-state index contributed by atoms with van der Waals surface area (Å²) in [4.78, 5) is 13.9. The van der Waals surface area contributed by atoms with E-state index in [1.165, 1.54) is 57.8 Å². The van der Waals surface area contributed by atoms with Gasteiger partial charge in [-0.3, -0.25) is 0 Å². The topological polar surface area (TPSA) is 41.6 Å². The highest BCUT2D eigenvalue weighted by atomic mass is 16.6. The van der Waals surface area contributed by atoms with Crippen molar-refractivity contribution >= 4 is 6.09 Å². The first-order valence-electron chi connectivity index (χ1n) is 10.6. The van der Waals surface area contributed by atoms with Crippen LogP contribution in [0.2, 0.25) is 0 Å². The molecule has 1 saturated heterocycles. The first kappa shape index (κ1) is 22.3. The van der Waals surface area contributed by atoms with Gasteiger partial charge in [-0.25, -0.2) is 4.79 Å². The standard InChI is InChI=1S/C21H42N2O2/c1-5-6-7-8-9-10-11-15-22-16-12-13-19-14-17-23(18-19)20(24)25-21(2,3)4/h19,22H,5-18H2,1-4H3. The molecule has 1 rings (SSSR count). The van der Waals surface area contributed by atoms with E-state index in [1.807, 2.05) is 25.7 Å². The molecule has 1 atom stereocenters. The number of carbonyl (C=O) groups excluding carboxylic acids is 1. The molecule has 0 aliphatic carbocycles. The predicted molar refractivity (Wildman–Crippen MR) is 106 cm³/mol. The summed E-state index contributed by atoms with van der Waals surface area (Å²) < 4.78 is 5.46. The Morgan fingerprint density at radius 3 is 2.36 bits per heavy atom. The zero-order valence-electron chi connectivity index (χ0n) is 17.2. The van der Waals surface area contributed by atoms with Crippen LogP contribution >= 0.6 is 0 Å².